The number of methoxy groups -OCH3 is 3. The monoisotopic (exact) mass is 461 g/mol. The number of hydrogen-bond acceptors (Lipinski definition) is 6. The molecule has 1 aromatic heterocycles. The van der Waals surface area contributed by atoms with Gasteiger partial charge in [-0.2, -0.15) is 0 Å². The van der Waals surface area contributed by atoms with E-state index in [1.807, 2.05) is 36.4 Å². The van der Waals surface area contributed by atoms with Crippen LogP contribution in [0.1, 0.15) is 39.5 Å². The molecule has 0 fully saturated rings. The molecule has 0 radical (unpaired) electrons. The van der Waals surface area contributed by atoms with Gasteiger partial charge in [0.25, 0.3) is 5.91 Å². The van der Waals surface area contributed by atoms with E-state index >= 15 is 0 Å². The van der Waals surface area contributed by atoms with Gasteiger partial charge in [-0.3, -0.25) is 14.6 Å². The number of pyridine rings is 1. The summed E-state index contributed by atoms with van der Waals surface area (Å²) >= 11 is 0. The van der Waals surface area contributed by atoms with E-state index in [0.717, 1.165) is 11.1 Å². The van der Waals surface area contributed by atoms with Crippen molar-refractivity contribution in [2.75, 3.05) is 21.3 Å². The average molecular weight is 462 g/mol. The molecular formula is C26H27N3O5. The smallest absolute Gasteiger partial charge is 0.255 e. The predicted molar refractivity (Wildman–Crippen MR) is 126 cm³/mol. The van der Waals surface area contributed by atoms with Crippen LogP contribution in [0, 0.1) is 0 Å². The number of aromatic nitrogens is 1. The lowest BCUT2D eigenvalue weighted by Crippen LogP contribution is -2.34. The van der Waals surface area contributed by atoms with Gasteiger partial charge in [-0.1, -0.05) is 24.3 Å². The van der Waals surface area contributed by atoms with E-state index in [2.05, 4.69) is 10.3 Å². The van der Waals surface area contributed by atoms with Crippen LogP contribution >= 0.6 is 0 Å². The van der Waals surface area contributed by atoms with E-state index in [4.69, 9.17) is 14.2 Å². The summed E-state index contributed by atoms with van der Waals surface area (Å²) in [6, 6.07) is 14.2. The Bertz CT molecular complexity index is 1160. The molecular weight excluding hydrogens is 434 g/mol. The molecule has 8 heteroatoms. The van der Waals surface area contributed by atoms with E-state index < -0.39 is 6.04 Å². The van der Waals surface area contributed by atoms with Crippen molar-refractivity contribution < 1.29 is 23.8 Å². The SMILES string of the molecule is COc1cc([C@@H](CC(=O)NCc2cccnc2)N2Cc3ccccc3C2=O)cc(OC)c1OC. The van der Waals surface area contributed by atoms with Crippen LogP contribution in [0.4, 0.5) is 0 Å². The molecule has 1 atom stereocenters. The molecule has 176 valence electrons. The number of nitrogens with one attached hydrogen (secondary N) is 1. The first kappa shape index (κ1) is 23.1. The molecule has 0 unspecified atom stereocenters. The van der Waals surface area contributed by atoms with Crippen LogP contribution in [0.5, 0.6) is 17.2 Å². The molecule has 1 N–H and O–H groups in total. The maximum atomic E-state index is 13.3. The highest BCUT2D eigenvalue weighted by molar-refractivity contribution is 5.99. The second-order valence-electron chi connectivity index (χ2n) is 7.91. The minimum absolute atomic E-state index is 0.0681. The Morgan fingerprint density at radius 2 is 1.79 bits per heavy atom. The van der Waals surface area contributed by atoms with Gasteiger partial charge in [0.05, 0.1) is 33.8 Å². The van der Waals surface area contributed by atoms with Crippen LogP contribution < -0.4 is 19.5 Å². The molecule has 2 aromatic carbocycles. The zero-order chi connectivity index (χ0) is 24.1. The lowest BCUT2D eigenvalue weighted by molar-refractivity contribution is -0.122. The molecule has 1 aliphatic heterocycles. The van der Waals surface area contributed by atoms with Gasteiger partial charge in [0, 0.05) is 31.0 Å². The molecule has 34 heavy (non-hydrogen) atoms. The van der Waals surface area contributed by atoms with Crippen LogP contribution in [0.2, 0.25) is 0 Å². The first-order chi connectivity index (χ1) is 16.5. The highest BCUT2D eigenvalue weighted by atomic mass is 16.5. The van der Waals surface area contributed by atoms with Crippen molar-refractivity contribution in [2.45, 2.75) is 25.6 Å². The number of amides is 2. The first-order valence-corrected chi connectivity index (χ1v) is 10.9. The van der Waals surface area contributed by atoms with Gasteiger partial charge in [0.2, 0.25) is 11.7 Å². The third kappa shape index (κ3) is 4.66. The van der Waals surface area contributed by atoms with Crippen LogP contribution in [0.25, 0.3) is 0 Å². The normalized spacial score (nSPS) is 13.3. The van der Waals surface area contributed by atoms with Gasteiger partial charge >= 0.3 is 0 Å². The first-order valence-electron chi connectivity index (χ1n) is 10.9. The molecule has 0 bridgehead atoms. The molecule has 0 aliphatic carbocycles. The molecule has 2 heterocycles. The topological polar surface area (TPSA) is 90.0 Å². The van der Waals surface area contributed by atoms with Crippen LogP contribution in [0.15, 0.2) is 60.9 Å². The fraction of sp³-hybridized carbons (Fsp3) is 0.269. The fourth-order valence-corrected chi connectivity index (χ4v) is 4.18. The quantitative estimate of drug-likeness (QED) is 0.525. The Morgan fingerprint density at radius 3 is 2.41 bits per heavy atom. The van der Waals surface area contributed by atoms with Gasteiger partial charge in [-0.15, -0.1) is 0 Å². The summed E-state index contributed by atoms with van der Waals surface area (Å²) in [6.45, 7) is 0.759. The van der Waals surface area contributed by atoms with E-state index in [0.29, 0.717) is 41.5 Å². The Kier molecular flexibility index (Phi) is 6.96. The standard InChI is InChI=1S/C26H27N3O5/c1-32-22-11-19(12-23(33-2)25(22)34-3)21(13-24(30)28-15-17-7-6-10-27-14-17)29-16-18-8-4-5-9-20(18)26(29)31/h4-12,14,21H,13,15-16H2,1-3H3,(H,28,30)/t21-/m1/s1. The average Bonchev–Trinajstić information content (AvgIpc) is 3.21. The van der Waals surface area contributed by atoms with Crippen molar-refractivity contribution in [3.63, 3.8) is 0 Å². The van der Waals surface area contributed by atoms with Crippen molar-refractivity contribution in [1.29, 1.82) is 0 Å². The Balaban J connectivity index is 1.66. The molecule has 3 aromatic rings. The maximum Gasteiger partial charge on any atom is 0.255 e. The third-order valence-electron chi connectivity index (χ3n) is 5.89. The molecule has 8 nitrogen and oxygen atoms in total. The van der Waals surface area contributed by atoms with Gasteiger partial charge < -0.3 is 24.4 Å². The summed E-state index contributed by atoms with van der Waals surface area (Å²) in [5.41, 5.74) is 3.19. The van der Waals surface area contributed by atoms with Crippen molar-refractivity contribution in [1.82, 2.24) is 15.2 Å². The summed E-state index contributed by atoms with van der Waals surface area (Å²) in [6.07, 6.45) is 3.46. The summed E-state index contributed by atoms with van der Waals surface area (Å²) < 4.78 is 16.5. The highest BCUT2D eigenvalue weighted by Crippen LogP contribution is 2.42. The zero-order valence-corrected chi connectivity index (χ0v) is 19.4. The van der Waals surface area contributed by atoms with E-state index in [-0.39, 0.29) is 18.2 Å². The number of benzene rings is 2. The van der Waals surface area contributed by atoms with Gasteiger partial charge in [0.1, 0.15) is 0 Å². The largest absolute Gasteiger partial charge is 0.493 e. The number of fused-ring (bicyclic) bond motifs is 1. The lowest BCUT2D eigenvalue weighted by Gasteiger charge is -2.29. The van der Waals surface area contributed by atoms with E-state index in [9.17, 15) is 9.59 Å². The lowest BCUT2D eigenvalue weighted by atomic mass is 10.00. The number of hydrogen-bond donors (Lipinski definition) is 1. The minimum Gasteiger partial charge on any atom is -0.493 e. The molecule has 0 saturated heterocycles. The van der Waals surface area contributed by atoms with Crippen molar-refractivity contribution in [3.05, 3.63) is 83.2 Å². The Hall–Kier alpha value is -4.07. The summed E-state index contributed by atoms with van der Waals surface area (Å²) in [7, 11) is 4.60. The van der Waals surface area contributed by atoms with E-state index in [1.165, 1.54) is 21.3 Å². The molecule has 0 saturated carbocycles. The molecule has 0 spiro atoms. The van der Waals surface area contributed by atoms with Crippen molar-refractivity contribution in [3.8, 4) is 17.2 Å². The number of rotatable bonds is 9. The maximum absolute atomic E-state index is 13.3. The number of ether oxygens (including phenoxy) is 3. The third-order valence-corrected chi connectivity index (χ3v) is 5.89. The van der Waals surface area contributed by atoms with Crippen LogP contribution in [-0.2, 0) is 17.9 Å². The van der Waals surface area contributed by atoms with Crippen LogP contribution in [-0.4, -0.2) is 43.0 Å². The van der Waals surface area contributed by atoms with Crippen molar-refractivity contribution in [2.24, 2.45) is 0 Å². The summed E-state index contributed by atoms with van der Waals surface area (Å²) in [5.74, 6) is 1.06. The summed E-state index contributed by atoms with van der Waals surface area (Å²) in [5, 5.41) is 2.93. The number of nitrogens with zero attached hydrogens (tertiary/aromatic N) is 2. The highest BCUT2D eigenvalue weighted by Gasteiger charge is 2.35. The molecule has 1 aliphatic rings. The van der Waals surface area contributed by atoms with Crippen molar-refractivity contribution >= 4 is 11.8 Å². The number of carbonyl (C=O) groups excluding carboxylic acids is 2. The van der Waals surface area contributed by atoms with E-state index in [1.54, 1.807) is 29.4 Å². The molecule has 2 amide bonds. The zero-order valence-electron chi connectivity index (χ0n) is 19.4. The fourth-order valence-electron chi connectivity index (χ4n) is 4.18. The van der Waals surface area contributed by atoms with Crippen LogP contribution in [0.3, 0.4) is 0 Å². The number of carbonyl (C=O) groups is 2. The Labute approximate surface area is 198 Å². The predicted octanol–water partition coefficient (Wildman–Crippen LogP) is 3.51. The summed E-state index contributed by atoms with van der Waals surface area (Å²) in [4.78, 5) is 32.1. The second-order valence-corrected chi connectivity index (χ2v) is 7.91. The van der Waals surface area contributed by atoms with Gasteiger partial charge in [-0.25, -0.2) is 0 Å². The molecule has 4 rings (SSSR count). The Morgan fingerprint density at radius 1 is 1.06 bits per heavy atom. The second kappa shape index (κ2) is 10.2. The van der Waals surface area contributed by atoms with Gasteiger partial charge in [-0.05, 0) is 41.0 Å². The minimum atomic E-state index is -0.539. The van der Waals surface area contributed by atoms with Gasteiger partial charge in [0.15, 0.2) is 11.5 Å².